The van der Waals surface area contributed by atoms with Gasteiger partial charge in [0.15, 0.2) is 0 Å². The number of fused-ring (bicyclic) bond motifs is 1. The van der Waals surface area contributed by atoms with E-state index in [4.69, 9.17) is 4.74 Å². The molecular formula is C17H23N3O3. The molecule has 23 heavy (non-hydrogen) atoms. The predicted octanol–water partition coefficient (Wildman–Crippen LogP) is 1.47. The molecular weight excluding hydrogens is 294 g/mol. The van der Waals surface area contributed by atoms with Crippen molar-refractivity contribution < 1.29 is 9.53 Å². The third-order valence-corrected chi connectivity index (χ3v) is 3.87. The van der Waals surface area contributed by atoms with Gasteiger partial charge in [-0.3, -0.25) is 14.2 Å². The van der Waals surface area contributed by atoms with Gasteiger partial charge in [0.1, 0.15) is 12.2 Å². The SMILES string of the molecule is COCCCNC(=O)Cn1c(=O)c(C)nc2cc(C)c(C)cc21. The molecule has 0 atom stereocenters. The van der Waals surface area contributed by atoms with Crippen LogP contribution in [0.4, 0.5) is 0 Å². The molecule has 1 aromatic carbocycles. The lowest BCUT2D eigenvalue weighted by Crippen LogP contribution is -2.34. The average molecular weight is 317 g/mol. The first-order valence-corrected chi connectivity index (χ1v) is 7.68. The Kier molecular flexibility index (Phi) is 5.50. The van der Waals surface area contributed by atoms with Crippen molar-refractivity contribution in [3.05, 3.63) is 39.3 Å². The average Bonchev–Trinajstić information content (AvgIpc) is 2.51. The van der Waals surface area contributed by atoms with Gasteiger partial charge in [-0.1, -0.05) is 0 Å². The molecule has 1 N–H and O–H groups in total. The highest BCUT2D eigenvalue weighted by Crippen LogP contribution is 2.16. The van der Waals surface area contributed by atoms with Gasteiger partial charge >= 0.3 is 0 Å². The van der Waals surface area contributed by atoms with Crippen LogP contribution in [0.2, 0.25) is 0 Å². The molecule has 6 heteroatoms. The van der Waals surface area contributed by atoms with Crippen molar-refractivity contribution >= 4 is 16.9 Å². The van der Waals surface area contributed by atoms with E-state index in [0.717, 1.165) is 23.1 Å². The van der Waals surface area contributed by atoms with Gasteiger partial charge < -0.3 is 10.1 Å². The first kappa shape index (κ1) is 17.1. The second-order valence-corrected chi connectivity index (χ2v) is 5.71. The maximum absolute atomic E-state index is 12.4. The number of carbonyl (C=O) groups excluding carboxylic acids is 1. The number of nitrogens with zero attached hydrogens (tertiary/aromatic N) is 2. The first-order chi connectivity index (χ1) is 10.9. The Bertz CT molecular complexity index is 781. The quantitative estimate of drug-likeness (QED) is 0.819. The van der Waals surface area contributed by atoms with Crippen LogP contribution in [-0.4, -0.2) is 35.7 Å². The zero-order chi connectivity index (χ0) is 17.0. The van der Waals surface area contributed by atoms with Gasteiger partial charge in [0.2, 0.25) is 5.91 Å². The van der Waals surface area contributed by atoms with E-state index in [0.29, 0.717) is 24.4 Å². The largest absolute Gasteiger partial charge is 0.385 e. The van der Waals surface area contributed by atoms with E-state index in [9.17, 15) is 9.59 Å². The molecule has 0 aliphatic heterocycles. The van der Waals surface area contributed by atoms with Crippen molar-refractivity contribution in [3.63, 3.8) is 0 Å². The van der Waals surface area contributed by atoms with E-state index >= 15 is 0 Å². The summed E-state index contributed by atoms with van der Waals surface area (Å²) in [5, 5.41) is 2.80. The minimum Gasteiger partial charge on any atom is -0.385 e. The summed E-state index contributed by atoms with van der Waals surface area (Å²) >= 11 is 0. The number of amides is 1. The van der Waals surface area contributed by atoms with Gasteiger partial charge in [-0.2, -0.15) is 0 Å². The molecule has 0 unspecified atom stereocenters. The van der Waals surface area contributed by atoms with Gasteiger partial charge in [-0.05, 0) is 50.5 Å². The van der Waals surface area contributed by atoms with Crippen molar-refractivity contribution in [1.82, 2.24) is 14.9 Å². The molecule has 0 aliphatic rings. The lowest BCUT2D eigenvalue weighted by atomic mass is 10.1. The van der Waals surface area contributed by atoms with Crippen LogP contribution in [0.25, 0.3) is 11.0 Å². The predicted molar refractivity (Wildman–Crippen MR) is 89.7 cm³/mol. The molecule has 0 spiro atoms. The van der Waals surface area contributed by atoms with Crippen molar-refractivity contribution in [1.29, 1.82) is 0 Å². The summed E-state index contributed by atoms with van der Waals surface area (Å²) in [5.74, 6) is -0.187. The fourth-order valence-electron chi connectivity index (χ4n) is 2.43. The number of ether oxygens (including phenoxy) is 1. The molecule has 2 aromatic rings. The summed E-state index contributed by atoms with van der Waals surface area (Å²) < 4.78 is 6.44. The Labute approximate surface area is 135 Å². The van der Waals surface area contributed by atoms with Crippen LogP contribution < -0.4 is 10.9 Å². The second kappa shape index (κ2) is 7.37. The maximum Gasteiger partial charge on any atom is 0.272 e. The highest BCUT2D eigenvalue weighted by Gasteiger charge is 2.12. The standard InChI is InChI=1S/C17H23N3O3/c1-11-8-14-15(9-12(11)2)20(17(22)13(3)19-14)10-16(21)18-6-5-7-23-4/h8-9H,5-7,10H2,1-4H3,(H,18,21). The highest BCUT2D eigenvalue weighted by atomic mass is 16.5. The third kappa shape index (κ3) is 3.96. The van der Waals surface area contributed by atoms with Crippen molar-refractivity contribution in [2.75, 3.05) is 20.3 Å². The maximum atomic E-state index is 12.4. The number of rotatable bonds is 6. The fourth-order valence-corrected chi connectivity index (χ4v) is 2.43. The van der Waals surface area contributed by atoms with Gasteiger partial charge in [0.25, 0.3) is 5.56 Å². The molecule has 1 heterocycles. The van der Waals surface area contributed by atoms with Crippen molar-refractivity contribution in [2.24, 2.45) is 0 Å². The Balaban J connectivity index is 2.32. The number of hydrogen-bond acceptors (Lipinski definition) is 4. The number of methoxy groups -OCH3 is 1. The van der Waals surface area contributed by atoms with Crippen molar-refractivity contribution in [3.8, 4) is 0 Å². The molecule has 0 aliphatic carbocycles. The number of aromatic nitrogens is 2. The molecule has 1 aromatic heterocycles. The summed E-state index contributed by atoms with van der Waals surface area (Å²) in [4.78, 5) is 28.8. The van der Waals surface area contributed by atoms with Gasteiger partial charge in [-0.15, -0.1) is 0 Å². The number of hydrogen-bond donors (Lipinski definition) is 1. The van der Waals surface area contributed by atoms with E-state index in [1.807, 2.05) is 26.0 Å². The zero-order valence-corrected chi connectivity index (χ0v) is 14.1. The Morgan fingerprint density at radius 2 is 1.96 bits per heavy atom. The van der Waals surface area contributed by atoms with E-state index in [2.05, 4.69) is 10.3 Å². The van der Waals surface area contributed by atoms with Crippen LogP contribution >= 0.6 is 0 Å². The van der Waals surface area contributed by atoms with Crippen LogP contribution in [0, 0.1) is 20.8 Å². The number of benzene rings is 1. The van der Waals surface area contributed by atoms with Gasteiger partial charge in [0, 0.05) is 20.3 Å². The topological polar surface area (TPSA) is 73.2 Å². The summed E-state index contributed by atoms with van der Waals surface area (Å²) in [5.41, 5.74) is 3.77. The van der Waals surface area contributed by atoms with E-state index in [-0.39, 0.29) is 18.0 Å². The van der Waals surface area contributed by atoms with Gasteiger partial charge in [-0.25, -0.2) is 4.98 Å². The zero-order valence-electron chi connectivity index (χ0n) is 14.1. The molecule has 124 valence electrons. The van der Waals surface area contributed by atoms with E-state index in [1.54, 1.807) is 14.0 Å². The number of nitrogens with one attached hydrogen (secondary N) is 1. The summed E-state index contributed by atoms with van der Waals surface area (Å²) in [7, 11) is 1.62. The summed E-state index contributed by atoms with van der Waals surface area (Å²) in [6, 6.07) is 3.86. The molecule has 0 bridgehead atoms. The Morgan fingerprint density at radius 3 is 2.65 bits per heavy atom. The Hall–Kier alpha value is -2.21. The molecule has 0 saturated carbocycles. The fraction of sp³-hybridized carbons (Fsp3) is 0.471. The molecule has 1 amide bonds. The van der Waals surface area contributed by atoms with E-state index < -0.39 is 0 Å². The van der Waals surface area contributed by atoms with Crippen LogP contribution in [-0.2, 0) is 16.1 Å². The first-order valence-electron chi connectivity index (χ1n) is 7.68. The molecule has 6 nitrogen and oxygen atoms in total. The molecule has 2 rings (SSSR count). The van der Waals surface area contributed by atoms with Crippen LogP contribution in [0.15, 0.2) is 16.9 Å². The summed E-state index contributed by atoms with van der Waals surface area (Å²) in [6.45, 7) is 6.77. The molecule has 0 fully saturated rings. The monoisotopic (exact) mass is 317 g/mol. The molecule has 0 radical (unpaired) electrons. The van der Waals surface area contributed by atoms with Crippen LogP contribution in [0.3, 0.4) is 0 Å². The van der Waals surface area contributed by atoms with Crippen LogP contribution in [0.5, 0.6) is 0 Å². The smallest absolute Gasteiger partial charge is 0.272 e. The number of aryl methyl sites for hydroxylation is 3. The summed E-state index contributed by atoms with van der Waals surface area (Å²) in [6.07, 6.45) is 0.742. The highest BCUT2D eigenvalue weighted by molar-refractivity contribution is 5.81. The van der Waals surface area contributed by atoms with Crippen molar-refractivity contribution in [2.45, 2.75) is 33.7 Å². The Morgan fingerprint density at radius 1 is 1.26 bits per heavy atom. The van der Waals surface area contributed by atoms with Gasteiger partial charge in [0.05, 0.1) is 11.0 Å². The van der Waals surface area contributed by atoms with Crippen LogP contribution in [0.1, 0.15) is 23.2 Å². The lowest BCUT2D eigenvalue weighted by molar-refractivity contribution is -0.121. The second-order valence-electron chi connectivity index (χ2n) is 5.71. The van der Waals surface area contributed by atoms with E-state index in [1.165, 1.54) is 4.57 Å². The molecule has 0 saturated heterocycles. The minimum atomic E-state index is -0.229. The minimum absolute atomic E-state index is 0.00578. The third-order valence-electron chi connectivity index (χ3n) is 3.87. The lowest BCUT2D eigenvalue weighted by Gasteiger charge is -2.13. The number of carbonyl (C=O) groups is 1. The normalized spacial score (nSPS) is 11.0.